The lowest BCUT2D eigenvalue weighted by atomic mass is 10.0. The van der Waals surface area contributed by atoms with Crippen LogP contribution in [0, 0.1) is 6.92 Å². The van der Waals surface area contributed by atoms with Crippen molar-refractivity contribution < 1.29 is 9.53 Å². The maximum absolute atomic E-state index is 13.7. The molecular weight excluding hydrogens is 384 g/mol. The van der Waals surface area contributed by atoms with E-state index < -0.39 is 0 Å². The SMILES string of the molecule is CCCCOc1cc(C)nc(-c2ccccc2)c1C(=O)Nc1c(CC)cccc1CC. The predicted molar refractivity (Wildman–Crippen MR) is 128 cm³/mol. The average molecular weight is 417 g/mol. The molecule has 4 nitrogen and oxygen atoms in total. The molecule has 0 saturated carbocycles. The zero-order valence-electron chi connectivity index (χ0n) is 19.0. The van der Waals surface area contributed by atoms with E-state index in [0.717, 1.165) is 53.8 Å². The van der Waals surface area contributed by atoms with Crippen LogP contribution in [0.1, 0.15) is 60.8 Å². The molecule has 2 aromatic carbocycles. The van der Waals surface area contributed by atoms with Crippen molar-refractivity contribution in [2.45, 2.75) is 53.4 Å². The van der Waals surface area contributed by atoms with Gasteiger partial charge in [-0.05, 0) is 37.3 Å². The number of amides is 1. The van der Waals surface area contributed by atoms with Crippen molar-refractivity contribution >= 4 is 11.6 Å². The molecule has 162 valence electrons. The molecule has 1 aromatic heterocycles. The third kappa shape index (κ3) is 5.32. The molecule has 1 heterocycles. The summed E-state index contributed by atoms with van der Waals surface area (Å²) < 4.78 is 6.09. The first-order valence-corrected chi connectivity index (χ1v) is 11.2. The highest BCUT2D eigenvalue weighted by atomic mass is 16.5. The van der Waals surface area contributed by atoms with Gasteiger partial charge in [0.1, 0.15) is 11.3 Å². The van der Waals surface area contributed by atoms with Gasteiger partial charge >= 0.3 is 0 Å². The van der Waals surface area contributed by atoms with Crippen LogP contribution in [-0.2, 0) is 12.8 Å². The summed E-state index contributed by atoms with van der Waals surface area (Å²) in [6.45, 7) is 8.83. The molecule has 0 atom stereocenters. The number of aromatic nitrogens is 1. The van der Waals surface area contributed by atoms with Gasteiger partial charge in [-0.1, -0.05) is 75.7 Å². The summed E-state index contributed by atoms with van der Waals surface area (Å²) in [4.78, 5) is 18.4. The molecule has 0 unspecified atom stereocenters. The zero-order chi connectivity index (χ0) is 22.2. The second-order valence-corrected chi connectivity index (χ2v) is 7.67. The van der Waals surface area contributed by atoms with Gasteiger partial charge in [0.15, 0.2) is 0 Å². The molecule has 0 aliphatic rings. The van der Waals surface area contributed by atoms with Crippen LogP contribution in [0.5, 0.6) is 5.75 Å². The van der Waals surface area contributed by atoms with Crippen molar-refractivity contribution in [3.63, 3.8) is 0 Å². The molecule has 0 aliphatic heterocycles. The van der Waals surface area contributed by atoms with Gasteiger partial charge in [0.2, 0.25) is 0 Å². The molecule has 1 amide bonds. The molecule has 3 rings (SSSR count). The number of carbonyl (C=O) groups excluding carboxylic acids is 1. The number of hydrogen-bond acceptors (Lipinski definition) is 3. The van der Waals surface area contributed by atoms with E-state index in [4.69, 9.17) is 9.72 Å². The van der Waals surface area contributed by atoms with Gasteiger partial charge in [-0.3, -0.25) is 9.78 Å². The van der Waals surface area contributed by atoms with Gasteiger partial charge in [0, 0.05) is 23.0 Å². The number of unbranched alkanes of at least 4 members (excludes halogenated alkanes) is 1. The second-order valence-electron chi connectivity index (χ2n) is 7.67. The van der Waals surface area contributed by atoms with E-state index in [-0.39, 0.29) is 5.91 Å². The van der Waals surface area contributed by atoms with Crippen LogP contribution in [0.3, 0.4) is 0 Å². The van der Waals surface area contributed by atoms with Crippen LogP contribution >= 0.6 is 0 Å². The Morgan fingerprint density at radius 2 is 1.65 bits per heavy atom. The van der Waals surface area contributed by atoms with Crippen LogP contribution < -0.4 is 10.1 Å². The lowest BCUT2D eigenvalue weighted by molar-refractivity contribution is 0.102. The van der Waals surface area contributed by atoms with Crippen molar-refractivity contribution in [2.75, 3.05) is 11.9 Å². The second kappa shape index (κ2) is 10.8. The summed E-state index contributed by atoms with van der Waals surface area (Å²) in [6.07, 6.45) is 3.66. The number of pyridine rings is 1. The lowest BCUT2D eigenvalue weighted by Crippen LogP contribution is -2.18. The van der Waals surface area contributed by atoms with Crippen molar-refractivity contribution in [2.24, 2.45) is 0 Å². The van der Waals surface area contributed by atoms with Gasteiger partial charge in [-0.25, -0.2) is 0 Å². The van der Waals surface area contributed by atoms with Gasteiger partial charge in [-0.15, -0.1) is 0 Å². The lowest BCUT2D eigenvalue weighted by Gasteiger charge is -2.19. The summed E-state index contributed by atoms with van der Waals surface area (Å²) in [6, 6.07) is 17.9. The van der Waals surface area contributed by atoms with E-state index in [1.807, 2.05) is 43.3 Å². The number of benzene rings is 2. The third-order valence-electron chi connectivity index (χ3n) is 5.38. The topological polar surface area (TPSA) is 51.2 Å². The Labute approximate surface area is 185 Å². The summed E-state index contributed by atoms with van der Waals surface area (Å²) in [7, 11) is 0. The molecule has 31 heavy (non-hydrogen) atoms. The van der Waals surface area contributed by atoms with Gasteiger partial charge < -0.3 is 10.1 Å². The monoisotopic (exact) mass is 416 g/mol. The van der Waals surface area contributed by atoms with E-state index in [1.54, 1.807) is 0 Å². The minimum Gasteiger partial charge on any atom is -0.493 e. The first kappa shape index (κ1) is 22.5. The average Bonchev–Trinajstić information content (AvgIpc) is 2.79. The number of ether oxygens (including phenoxy) is 1. The minimum atomic E-state index is -0.187. The number of aryl methyl sites for hydroxylation is 3. The van der Waals surface area contributed by atoms with Gasteiger partial charge in [0.25, 0.3) is 5.91 Å². The zero-order valence-corrected chi connectivity index (χ0v) is 19.0. The Morgan fingerprint density at radius 1 is 0.968 bits per heavy atom. The van der Waals surface area contributed by atoms with Crippen LogP contribution in [0.15, 0.2) is 54.6 Å². The third-order valence-corrected chi connectivity index (χ3v) is 5.38. The fourth-order valence-corrected chi connectivity index (χ4v) is 3.69. The Kier molecular flexibility index (Phi) is 7.82. The summed E-state index contributed by atoms with van der Waals surface area (Å²) >= 11 is 0. The molecule has 4 heteroatoms. The number of carbonyl (C=O) groups is 1. The largest absolute Gasteiger partial charge is 0.493 e. The highest BCUT2D eigenvalue weighted by Crippen LogP contribution is 2.32. The van der Waals surface area contributed by atoms with E-state index in [9.17, 15) is 4.79 Å². The number of para-hydroxylation sites is 1. The number of nitrogens with zero attached hydrogens (tertiary/aromatic N) is 1. The number of anilines is 1. The molecule has 0 spiro atoms. The molecular formula is C27H32N2O2. The van der Waals surface area contributed by atoms with E-state index in [2.05, 4.69) is 44.3 Å². The summed E-state index contributed by atoms with van der Waals surface area (Å²) in [5.41, 5.74) is 6.01. The quantitative estimate of drug-likeness (QED) is 0.399. The van der Waals surface area contributed by atoms with E-state index >= 15 is 0 Å². The highest BCUT2D eigenvalue weighted by molar-refractivity contribution is 6.10. The fourth-order valence-electron chi connectivity index (χ4n) is 3.69. The van der Waals surface area contributed by atoms with Crippen molar-refractivity contribution in [3.05, 3.63) is 77.0 Å². The number of nitrogens with one attached hydrogen (secondary N) is 1. The van der Waals surface area contributed by atoms with Crippen LogP contribution in [0.4, 0.5) is 5.69 Å². The molecule has 0 radical (unpaired) electrons. The molecule has 0 aliphatic carbocycles. The Hall–Kier alpha value is -3.14. The van der Waals surface area contributed by atoms with E-state index in [0.29, 0.717) is 23.6 Å². The normalized spacial score (nSPS) is 10.7. The Morgan fingerprint density at radius 3 is 2.26 bits per heavy atom. The van der Waals surface area contributed by atoms with Gasteiger partial charge in [0.05, 0.1) is 12.3 Å². The molecule has 1 N–H and O–H groups in total. The van der Waals surface area contributed by atoms with Crippen LogP contribution in [0.25, 0.3) is 11.3 Å². The summed E-state index contributed by atoms with van der Waals surface area (Å²) in [5.74, 6) is 0.401. The smallest absolute Gasteiger partial charge is 0.261 e. The fraction of sp³-hybridized carbons (Fsp3) is 0.333. The van der Waals surface area contributed by atoms with Crippen molar-refractivity contribution in [3.8, 4) is 17.0 Å². The molecule has 0 bridgehead atoms. The van der Waals surface area contributed by atoms with Crippen molar-refractivity contribution in [1.29, 1.82) is 0 Å². The maximum atomic E-state index is 13.7. The van der Waals surface area contributed by atoms with E-state index in [1.165, 1.54) is 0 Å². The molecule has 0 fully saturated rings. The molecule has 3 aromatic rings. The van der Waals surface area contributed by atoms with Gasteiger partial charge in [-0.2, -0.15) is 0 Å². The summed E-state index contributed by atoms with van der Waals surface area (Å²) in [5, 5.41) is 3.20. The standard InChI is InChI=1S/C27H32N2O2/c1-5-8-17-31-23-18-19(4)28-26(22-13-10-9-11-14-22)24(23)27(30)29-25-20(6-2)15-12-16-21(25)7-3/h9-16,18H,5-8,17H2,1-4H3,(H,29,30). The molecule has 0 saturated heterocycles. The van der Waals surface area contributed by atoms with Crippen LogP contribution in [0.2, 0.25) is 0 Å². The Balaban J connectivity index is 2.11. The first-order valence-electron chi connectivity index (χ1n) is 11.2. The van der Waals surface area contributed by atoms with Crippen LogP contribution in [-0.4, -0.2) is 17.5 Å². The first-order chi connectivity index (χ1) is 15.1. The maximum Gasteiger partial charge on any atom is 0.261 e. The highest BCUT2D eigenvalue weighted by Gasteiger charge is 2.23. The van der Waals surface area contributed by atoms with Crippen molar-refractivity contribution in [1.82, 2.24) is 4.98 Å². The minimum absolute atomic E-state index is 0.187. The number of rotatable bonds is 9. The Bertz CT molecular complexity index is 1010. The number of hydrogen-bond donors (Lipinski definition) is 1. The predicted octanol–water partition coefficient (Wildman–Crippen LogP) is 6.61.